The largest absolute Gasteiger partial charge is 0.492 e. The molecule has 1 aliphatic rings. The van der Waals surface area contributed by atoms with Gasteiger partial charge in [0, 0.05) is 30.1 Å². The molecule has 0 radical (unpaired) electrons. The third kappa shape index (κ3) is 4.53. The van der Waals surface area contributed by atoms with Gasteiger partial charge in [-0.05, 0) is 80.9 Å². The van der Waals surface area contributed by atoms with E-state index in [4.69, 9.17) is 4.74 Å². The fraction of sp³-hybridized carbons (Fsp3) is 0.280. The van der Waals surface area contributed by atoms with Gasteiger partial charge in [-0.3, -0.25) is 9.88 Å². The average molecular weight is 427 g/mol. The smallest absolute Gasteiger partial charge is 0.155 e. The van der Waals surface area contributed by atoms with Gasteiger partial charge in [-0.1, -0.05) is 11.3 Å². The lowest BCUT2D eigenvalue weighted by atomic mass is 10.1. The molecule has 0 aliphatic carbocycles. The maximum atomic E-state index is 5.93. The standard InChI is InChI=1S/C25H26N6O/c1-19-4-9-25(27-17-19)31-24(18-28-29-31)21-10-11-26-23(16-21)20-5-7-22(8-6-20)32-15-14-30-12-2-3-13-30/h4-11,16-18H,2-3,12-15H2,1H3. The molecule has 1 saturated heterocycles. The Morgan fingerprint density at radius 1 is 0.906 bits per heavy atom. The van der Waals surface area contributed by atoms with Crippen LogP contribution < -0.4 is 4.74 Å². The highest BCUT2D eigenvalue weighted by atomic mass is 16.5. The lowest BCUT2D eigenvalue weighted by Crippen LogP contribution is -2.25. The van der Waals surface area contributed by atoms with E-state index in [9.17, 15) is 0 Å². The fourth-order valence-corrected chi connectivity index (χ4v) is 3.95. The Bertz CT molecular complexity index is 1160. The van der Waals surface area contributed by atoms with Gasteiger partial charge in [0.05, 0.1) is 17.6 Å². The zero-order valence-corrected chi connectivity index (χ0v) is 18.2. The van der Waals surface area contributed by atoms with Crippen LogP contribution >= 0.6 is 0 Å². The van der Waals surface area contributed by atoms with Crippen molar-refractivity contribution in [1.29, 1.82) is 0 Å². The van der Waals surface area contributed by atoms with Gasteiger partial charge >= 0.3 is 0 Å². The number of aromatic nitrogens is 5. The van der Waals surface area contributed by atoms with Crippen LogP contribution in [0.25, 0.3) is 28.3 Å². The molecular weight excluding hydrogens is 400 g/mol. The molecule has 0 spiro atoms. The molecule has 1 aliphatic heterocycles. The maximum Gasteiger partial charge on any atom is 0.155 e. The van der Waals surface area contributed by atoms with E-state index in [0.29, 0.717) is 0 Å². The second kappa shape index (κ2) is 9.28. The first-order valence-corrected chi connectivity index (χ1v) is 11.0. The minimum absolute atomic E-state index is 0.719. The number of nitrogens with zero attached hydrogens (tertiary/aromatic N) is 6. The summed E-state index contributed by atoms with van der Waals surface area (Å²) in [4.78, 5) is 11.5. The molecule has 5 rings (SSSR count). The van der Waals surface area contributed by atoms with E-state index in [2.05, 4.69) is 25.2 Å². The van der Waals surface area contributed by atoms with Gasteiger partial charge in [0.1, 0.15) is 12.4 Å². The highest BCUT2D eigenvalue weighted by molar-refractivity contribution is 5.69. The van der Waals surface area contributed by atoms with Crippen LogP contribution in [0.2, 0.25) is 0 Å². The number of likely N-dealkylation sites (tertiary alicyclic amines) is 1. The number of hydrogen-bond donors (Lipinski definition) is 0. The molecule has 0 saturated carbocycles. The Kier molecular flexibility index (Phi) is 5.89. The summed E-state index contributed by atoms with van der Waals surface area (Å²) in [5.41, 5.74) is 4.87. The van der Waals surface area contributed by atoms with Crippen molar-refractivity contribution in [3.05, 3.63) is 72.7 Å². The molecule has 0 N–H and O–H groups in total. The number of benzene rings is 1. The summed E-state index contributed by atoms with van der Waals surface area (Å²) in [5, 5.41) is 8.33. The van der Waals surface area contributed by atoms with Crippen LogP contribution in [-0.4, -0.2) is 56.1 Å². The van der Waals surface area contributed by atoms with Crippen LogP contribution in [0.4, 0.5) is 0 Å². The first-order chi connectivity index (χ1) is 15.8. The molecule has 0 amide bonds. The van der Waals surface area contributed by atoms with Gasteiger partial charge < -0.3 is 4.74 Å². The molecule has 7 heteroatoms. The number of ether oxygens (including phenoxy) is 1. The third-order valence-corrected chi connectivity index (χ3v) is 5.74. The molecule has 32 heavy (non-hydrogen) atoms. The summed E-state index contributed by atoms with van der Waals surface area (Å²) in [6, 6.07) is 16.1. The summed E-state index contributed by atoms with van der Waals surface area (Å²) >= 11 is 0. The fourth-order valence-electron chi connectivity index (χ4n) is 3.95. The first kappa shape index (κ1) is 20.3. The summed E-state index contributed by atoms with van der Waals surface area (Å²) in [7, 11) is 0. The lowest BCUT2D eigenvalue weighted by Gasteiger charge is -2.15. The van der Waals surface area contributed by atoms with Crippen LogP contribution in [0.1, 0.15) is 18.4 Å². The van der Waals surface area contributed by atoms with Crippen molar-refractivity contribution in [1.82, 2.24) is 29.9 Å². The van der Waals surface area contributed by atoms with E-state index in [-0.39, 0.29) is 0 Å². The van der Waals surface area contributed by atoms with Gasteiger partial charge in [0.2, 0.25) is 0 Å². The minimum atomic E-state index is 0.719. The molecule has 3 aromatic heterocycles. The van der Waals surface area contributed by atoms with E-state index in [1.807, 2.05) is 67.8 Å². The average Bonchev–Trinajstić information content (AvgIpc) is 3.53. The van der Waals surface area contributed by atoms with E-state index in [1.54, 1.807) is 10.9 Å². The number of rotatable bonds is 7. The maximum absolute atomic E-state index is 5.93. The van der Waals surface area contributed by atoms with Crippen molar-refractivity contribution >= 4 is 0 Å². The Labute approximate surface area is 187 Å². The predicted octanol–water partition coefficient (Wildman–Crippen LogP) is 4.17. The second-order valence-electron chi connectivity index (χ2n) is 8.08. The van der Waals surface area contributed by atoms with Gasteiger partial charge in [-0.25, -0.2) is 4.98 Å². The first-order valence-electron chi connectivity index (χ1n) is 11.0. The molecule has 0 unspecified atom stereocenters. The van der Waals surface area contributed by atoms with E-state index in [0.717, 1.165) is 52.8 Å². The Hall–Kier alpha value is -3.58. The molecule has 4 aromatic rings. The van der Waals surface area contributed by atoms with Crippen molar-refractivity contribution in [3.63, 3.8) is 0 Å². The highest BCUT2D eigenvalue weighted by Crippen LogP contribution is 2.26. The van der Waals surface area contributed by atoms with Crippen molar-refractivity contribution in [2.45, 2.75) is 19.8 Å². The number of pyridine rings is 2. The Balaban J connectivity index is 1.31. The molecular formula is C25H26N6O. The summed E-state index contributed by atoms with van der Waals surface area (Å²) < 4.78 is 7.67. The normalized spacial score (nSPS) is 14.0. The SMILES string of the molecule is Cc1ccc(-n2nncc2-c2ccnc(-c3ccc(OCCN4CCCC4)cc3)c2)nc1. The predicted molar refractivity (Wildman–Crippen MR) is 124 cm³/mol. The van der Waals surface area contributed by atoms with Crippen LogP contribution in [0.5, 0.6) is 5.75 Å². The molecule has 7 nitrogen and oxygen atoms in total. The van der Waals surface area contributed by atoms with E-state index < -0.39 is 0 Å². The number of aryl methyl sites for hydroxylation is 1. The summed E-state index contributed by atoms with van der Waals surface area (Å²) in [6.45, 7) is 6.11. The minimum Gasteiger partial charge on any atom is -0.492 e. The van der Waals surface area contributed by atoms with Crippen LogP contribution in [0.3, 0.4) is 0 Å². The van der Waals surface area contributed by atoms with Gasteiger partial charge in [0.25, 0.3) is 0 Å². The molecule has 162 valence electrons. The molecule has 1 fully saturated rings. The van der Waals surface area contributed by atoms with E-state index in [1.165, 1.54) is 25.9 Å². The molecule has 1 aromatic carbocycles. The Morgan fingerprint density at radius 3 is 2.53 bits per heavy atom. The van der Waals surface area contributed by atoms with Gasteiger partial charge in [-0.15, -0.1) is 5.10 Å². The Morgan fingerprint density at radius 2 is 1.75 bits per heavy atom. The molecule has 0 atom stereocenters. The van der Waals surface area contributed by atoms with Crippen molar-refractivity contribution < 1.29 is 4.74 Å². The lowest BCUT2D eigenvalue weighted by molar-refractivity contribution is 0.238. The van der Waals surface area contributed by atoms with E-state index >= 15 is 0 Å². The van der Waals surface area contributed by atoms with Gasteiger partial charge in [0.15, 0.2) is 5.82 Å². The monoisotopic (exact) mass is 426 g/mol. The zero-order valence-electron chi connectivity index (χ0n) is 18.2. The molecule has 0 bridgehead atoms. The highest BCUT2D eigenvalue weighted by Gasteiger charge is 2.12. The van der Waals surface area contributed by atoms with Crippen LogP contribution in [0, 0.1) is 6.92 Å². The van der Waals surface area contributed by atoms with Crippen molar-refractivity contribution in [2.75, 3.05) is 26.2 Å². The molecule has 4 heterocycles. The van der Waals surface area contributed by atoms with Gasteiger partial charge in [-0.2, -0.15) is 4.68 Å². The third-order valence-electron chi connectivity index (χ3n) is 5.74. The second-order valence-corrected chi connectivity index (χ2v) is 8.08. The van der Waals surface area contributed by atoms with Crippen molar-refractivity contribution in [2.24, 2.45) is 0 Å². The summed E-state index contributed by atoms with van der Waals surface area (Å²) in [6.07, 6.45) is 7.99. The number of hydrogen-bond acceptors (Lipinski definition) is 6. The topological polar surface area (TPSA) is 69.0 Å². The van der Waals surface area contributed by atoms with Crippen LogP contribution in [0.15, 0.2) is 67.1 Å². The van der Waals surface area contributed by atoms with Crippen LogP contribution in [-0.2, 0) is 0 Å². The summed E-state index contributed by atoms with van der Waals surface area (Å²) in [5.74, 6) is 1.62. The quantitative estimate of drug-likeness (QED) is 0.442. The zero-order chi connectivity index (χ0) is 21.8. The van der Waals surface area contributed by atoms with Crippen molar-refractivity contribution in [3.8, 4) is 34.1 Å².